The molecule has 0 amide bonds. The van der Waals surface area contributed by atoms with Gasteiger partial charge in [-0.15, -0.1) is 0 Å². The van der Waals surface area contributed by atoms with Gasteiger partial charge in [-0.3, -0.25) is 0 Å². The van der Waals surface area contributed by atoms with Crippen LogP contribution in [0.4, 0.5) is 0 Å². The van der Waals surface area contributed by atoms with E-state index < -0.39 is 0 Å². The van der Waals surface area contributed by atoms with Gasteiger partial charge >= 0.3 is 0 Å². The Morgan fingerprint density at radius 1 is 0.387 bits per heavy atom. The molecule has 0 heterocycles. The maximum atomic E-state index is 5.93. The van der Waals surface area contributed by atoms with E-state index in [1.165, 1.54) is 32.1 Å². The summed E-state index contributed by atoms with van der Waals surface area (Å²) in [5.41, 5.74) is 0. The largest absolute Gasteiger partial charge is 0.381 e. The van der Waals surface area contributed by atoms with E-state index in [9.17, 15) is 0 Å². The molecule has 0 aliphatic carbocycles. The fourth-order valence-electron chi connectivity index (χ4n) is 3.25. The predicted octanol–water partition coefficient (Wildman–Crippen LogP) is 6.86. The van der Waals surface area contributed by atoms with Crippen LogP contribution in [0.1, 0.15) is 87.5 Å². The van der Waals surface area contributed by atoms with Crippen molar-refractivity contribution < 1.29 is 18.9 Å². The first-order chi connectivity index (χ1) is 14.8. The van der Waals surface area contributed by atoms with E-state index in [-0.39, 0.29) is 0 Å². The molecule has 0 aromatic heterocycles. The van der Waals surface area contributed by atoms with Crippen molar-refractivity contribution in [2.75, 3.05) is 52.9 Å². The van der Waals surface area contributed by atoms with E-state index in [0.717, 1.165) is 58.8 Å². The minimum atomic E-state index is 0.409. The van der Waals surface area contributed by atoms with Crippen LogP contribution in [0.5, 0.6) is 0 Å². The Morgan fingerprint density at radius 3 is 1.03 bits per heavy atom. The van der Waals surface area contributed by atoms with E-state index in [1.807, 2.05) is 0 Å². The van der Waals surface area contributed by atoms with E-state index >= 15 is 0 Å². The summed E-state index contributed by atoms with van der Waals surface area (Å²) < 4.78 is 23.4. The quantitative estimate of drug-likeness (QED) is 0.183. The summed E-state index contributed by atoms with van der Waals surface area (Å²) in [6.07, 6.45) is 6.40. The first-order valence-electron chi connectivity index (χ1n) is 13.1. The Labute approximate surface area is 195 Å². The minimum Gasteiger partial charge on any atom is -0.381 e. The molecule has 0 rings (SSSR count). The fourth-order valence-corrected chi connectivity index (χ4v) is 3.25. The third-order valence-electron chi connectivity index (χ3n) is 6.01. The standard InChI is InChI=1S/C27H56O4/c1-9-22(3)12-11-13-24(5)15-29-17-26(7)19-31-21-27(8)20-30-18-25(6)16-28-14-23(4)10-2/h22-27H,9-21H2,1-8H3. The Hall–Kier alpha value is -0.160. The Bertz CT molecular complexity index is 342. The van der Waals surface area contributed by atoms with Crippen molar-refractivity contribution in [3.8, 4) is 0 Å². The van der Waals surface area contributed by atoms with E-state index in [2.05, 4.69) is 55.4 Å². The second-order valence-corrected chi connectivity index (χ2v) is 10.5. The molecule has 6 unspecified atom stereocenters. The van der Waals surface area contributed by atoms with Crippen molar-refractivity contribution in [3.63, 3.8) is 0 Å². The molecule has 0 aromatic carbocycles. The third kappa shape index (κ3) is 20.2. The Kier molecular flexibility index (Phi) is 20.3. The molecule has 4 heteroatoms. The van der Waals surface area contributed by atoms with Crippen molar-refractivity contribution in [2.45, 2.75) is 87.5 Å². The summed E-state index contributed by atoms with van der Waals surface area (Å²) in [5.74, 6) is 3.43. The monoisotopic (exact) mass is 444 g/mol. The molecule has 4 nitrogen and oxygen atoms in total. The summed E-state index contributed by atoms with van der Waals surface area (Å²) in [6.45, 7) is 24.2. The van der Waals surface area contributed by atoms with E-state index in [1.54, 1.807) is 0 Å². The molecule has 0 aliphatic rings. The predicted molar refractivity (Wildman–Crippen MR) is 133 cm³/mol. The maximum Gasteiger partial charge on any atom is 0.0513 e. The Morgan fingerprint density at radius 2 is 0.677 bits per heavy atom. The highest BCUT2D eigenvalue weighted by Crippen LogP contribution is 2.15. The molecule has 188 valence electrons. The Balaban J connectivity index is 3.60. The van der Waals surface area contributed by atoms with Gasteiger partial charge in [0.2, 0.25) is 0 Å². The van der Waals surface area contributed by atoms with Gasteiger partial charge in [0.1, 0.15) is 0 Å². The zero-order valence-electron chi connectivity index (χ0n) is 22.3. The van der Waals surface area contributed by atoms with Crippen LogP contribution in [0.15, 0.2) is 0 Å². The summed E-state index contributed by atoms with van der Waals surface area (Å²) in [5, 5.41) is 0. The lowest BCUT2D eigenvalue weighted by molar-refractivity contribution is -0.00413. The van der Waals surface area contributed by atoms with Crippen LogP contribution in [-0.4, -0.2) is 52.9 Å². The lowest BCUT2D eigenvalue weighted by atomic mass is 9.97. The minimum absolute atomic E-state index is 0.409. The van der Waals surface area contributed by atoms with Crippen molar-refractivity contribution in [1.29, 1.82) is 0 Å². The van der Waals surface area contributed by atoms with Crippen molar-refractivity contribution in [3.05, 3.63) is 0 Å². The highest BCUT2D eigenvalue weighted by atomic mass is 16.5. The number of ether oxygens (including phenoxy) is 4. The molecule has 0 fully saturated rings. The molecule has 0 saturated heterocycles. The molecule has 0 bridgehead atoms. The van der Waals surface area contributed by atoms with Crippen LogP contribution in [-0.2, 0) is 18.9 Å². The number of rotatable bonds is 22. The normalized spacial score (nSPS) is 17.8. The number of hydrogen-bond donors (Lipinski definition) is 0. The maximum absolute atomic E-state index is 5.93. The van der Waals surface area contributed by atoms with Crippen LogP contribution in [0.3, 0.4) is 0 Å². The van der Waals surface area contributed by atoms with Gasteiger partial charge in [-0.1, -0.05) is 81.1 Å². The van der Waals surface area contributed by atoms with Gasteiger partial charge in [-0.2, -0.15) is 0 Å². The van der Waals surface area contributed by atoms with Crippen LogP contribution in [0.25, 0.3) is 0 Å². The zero-order chi connectivity index (χ0) is 23.5. The first-order valence-corrected chi connectivity index (χ1v) is 13.1. The van der Waals surface area contributed by atoms with Gasteiger partial charge < -0.3 is 18.9 Å². The van der Waals surface area contributed by atoms with E-state index in [4.69, 9.17) is 18.9 Å². The lowest BCUT2D eigenvalue weighted by Gasteiger charge is -2.19. The topological polar surface area (TPSA) is 36.9 Å². The van der Waals surface area contributed by atoms with Gasteiger partial charge in [-0.05, 0) is 24.2 Å². The van der Waals surface area contributed by atoms with Crippen LogP contribution >= 0.6 is 0 Å². The van der Waals surface area contributed by atoms with Gasteiger partial charge in [0.25, 0.3) is 0 Å². The van der Waals surface area contributed by atoms with Gasteiger partial charge in [-0.25, -0.2) is 0 Å². The van der Waals surface area contributed by atoms with Crippen molar-refractivity contribution in [1.82, 2.24) is 0 Å². The fraction of sp³-hybridized carbons (Fsp3) is 1.00. The molecule has 0 radical (unpaired) electrons. The summed E-state index contributed by atoms with van der Waals surface area (Å²) in [6, 6.07) is 0. The molecule has 6 atom stereocenters. The second-order valence-electron chi connectivity index (χ2n) is 10.5. The molecule has 0 saturated carbocycles. The molecular weight excluding hydrogens is 388 g/mol. The summed E-state index contributed by atoms with van der Waals surface area (Å²) in [4.78, 5) is 0. The van der Waals surface area contributed by atoms with Crippen LogP contribution < -0.4 is 0 Å². The molecule has 0 N–H and O–H groups in total. The zero-order valence-corrected chi connectivity index (χ0v) is 22.3. The summed E-state index contributed by atoms with van der Waals surface area (Å²) >= 11 is 0. The third-order valence-corrected chi connectivity index (χ3v) is 6.01. The molecule has 0 aromatic rings. The molecule has 0 spiro atoms. The highest BCUT2D eigenvalue weighted by molar-refractivity contribution is 4.58. The number of hydrogen-bond acceptors (Lipinski definition) is 4. The SMILES string of the molecule is CCC(C)CCCC(C)COCC(C)COCC(C)COCC(C)COCC(C)CC. The molecular formula is C27H56O4. The van der Waals surface area contributed by atoms with Crippen molar-refractivity contribution in [2.24, 2.45) is 35.5 Å². The van der Waals surface area contributed by atoms with Crippen LogP contribution in [0.2, 0.25) is 0 Å². The summed E-state index contributed by atoms with van der Waals surface area (Å²) in [7, 11) is 0. The smallest absolute Gasteiger partial charge is 0.0513 e. The average Bonchev–Trinajstić information content (AvgIpc) is 2.73. The van der Waals surface area contributed by atoms with E-state index in [0.29, 0.717) is 29.6 Å². The van der Waals surface area contributed by atoms with Crippen molar-refractivity contribution >= 4 is 0 Å². The van der Waals surface area contributed by atoms with Crippen LogP contribution in [0, 0.1) is 35.5 Å². The molecule has 0 aliphatic heterocycles. The van der Waals surface area contributed by atoms with Gasteiger partial charge in [0.05, 0.1) is 39.6 Å². The second kappa shape index (κ2) is 20.4. The van der Waals surface area contributed by atoms with Gasteiger partial charge in [0.15, 0.2) is 0 Å². The highest BCUT2D eigenvalue weighted by Gasteiger charge is 2.10. The molecule has 31 heavy (non-hydrogen) atoms. The lowest BCUT2D eigenvalue weighted by Crippen LogP contribution is -2.21. The van der Waals surface area contributed by atoms with Gasteiger partial charge in [0, 0.05) is 31.0 Å². The first kappa shape index (κ1) is 30.8. The average molecular weight is 445 g/mol.